The molecule has 1 aromatic rings. The van der Waals surface area contributed by atoms with Crippen molar-refractivity contribution < 1.29 is 14.8 Å². The number of hydrogen-bond donors (Lipinski definition) is 1. The number of aliphatic hydroxyl groups excluding tert-OH is 1. The van der Waals surface area contributed by atoms with E-state index in [0.717, 1.165) is 5.56 Å². The van der Waals surface area contributed by atoms with Crippen LogP contribution >= 0.6 is 0 Å². The fourth-order valence-electron chi connectivity index (χ4n) is 1.13. The molecule has 0 amide bonds. The van der Waals surface area contributed by atoms with Gasteiger partial charge in [0.05, 0.1) is 11.5 Å². The lowest BCUT2D eigenvalue weighted by Crippen LogP contribution is -2.02. The van der Waals surface area contributed by atoms with E-state index in [0.29, 0.717) is 6.42 Å². The van der Waals surface area contributed by atoms with E-state index in [1.54, 1.807) is 12.1 Å². The summed E-state index contributed by atoms with van der Waals surface area (Å²) in [6, 6.07) is 4.70. The first-order valence-electron chi connectivity index (χ1n) is 4.64. The molecule has 1 aromatic carbocycles. The summed E-state index contributed by atoms with van der Waals surface area (Å²) in [5, 5.41) is 19.2. The Kier molecular flexibility index (Phi) is 4.05. The lowest BCUT2D eigenvalue weighted by atomic mass is 10.2. The van der Waals surface area contributed by atoms with Gasteiger partial charge in [0.25, 0.3) is 0 Å². The molecule has 1 rings (SSSR count). The summed E-state index contributed by atoms with van der Waals surface area (Å²) in [7, 11) is 0. The lowest BCUT2D eigenvalue weighted by molar-refractivity contribution is -0.385. The van der Waals surface area contributed by atoms with E-state index in [1.807, 2.05) is 6.92 Å². The summed E-state index contributed by atoms with van der Waals surface area (Å²) in [6.45, 7) is 2.13. The van der Waals surface area contributed by atoms with Gasteiger partial charge in [-0.3, -0.25) is 10.1 Å². The Morgan fingerprint density at radius 1 is 1.53 bits per heavy atom. The van der Waals surface area contributed by atoms with Crippen LogP contribution in [0.5, 0.6) is 5.75 Å². The molecule has 0 unspecified atom stereocenters. The molecular formula is C10H13NO4. The second-order valence-corrected chi connectivity index (χ2v) is 3.15. The first kappa shape index (κ1) is 11.5. The van der Waals surface area contributed by atoms with Crippen LogP contribution in [0.4, 0.5) is 5.69 Å². The zero-order valence-electron chi connectivity index (χ0n) is 8.47. The fourth-order valence-corrected chi connectivity index (χ4v) is 1.13. The summed E-state index contributed by atoms with van der Waals surface area (Å²) in [6.07, 6.45) is 0.463. The number of nitro benzene ring substituents is 1. The predicted molar refractivity (Wildman–Crippen MR) is 55.0 cm³/mol. The van der Waals surface area contributed by atoms with Gasteiger partial charge in [-0.1, -0.05) is 6.07 Å². The van der Waals surface area contributed by atoms with Gasteiger partial charge in [0, 0.05) is 19.1 Å². The van der Waals surface area contributed by atoms with Crippen molar-refractivity contribution in [2.45, 2.75) is 13.3 Å². The van der Waals surface area contributed by atoms with Crippen LogP contribution in [0.2, 0.25) is 0 Å². The van der Waals surface area contributed by atoms with Gasteiger partial charge >= 0.3 is 5.69 Å². The van der Waals surface area contributed by atoms with Crippen molar-refractivity contribution in [3.8, 4) is 5.75 Å². The molecule has 82 valence electrons. The van der Waals surface area contributed by atoms with E-state index in [9.17, 15) is 10.1 Å². The van der Waals surface area contributed by atoms with E-state index in [2.05, 4.69) is 0 Å². The summed E-state index contributed by atoms with van der Waals surface area (Å²) >= 11 is 0. The van der Waals surface area contributed by atoms with Gasteiger partial charge in [0.15, 0.2) is 5.75 Å². The summed E-state index contributed by atoms with van der Waals surface area (Å²) in [5.74, 6) is 0.258. The highest BCUT2D eigenvalue weighted by Gasteiger charge is 2.14. The Morgan fingerprint density at radius 2 is 2.27 bits per heavy atom. The Bertz CT molecular complexity index is 351. The van der Waals surface area contributed by atoms with Crippen LogP contribution in [0.25, 0.3) is 0 Å². The average molecular weight is 211 g/mol. The molecule has 0 bridgehead atoms. The van der Waals surface area contributed by atoms with Gasteiger partial charge in [-0.05, 0) is 18.6 Å². The SMILES string of the molecule is Cc1ccc([N+](=O)[O-])c(OCCCO)c1. The Balaban J connectivity index is 2.82. The highest BCUT2D eigenvalue weighted by atomic mass is 16.6. The molecule has 1 N–H and O–H groups in total. The number of benzene rings is 1. The van der Waals surface area contributed by atoms with E-state index >= 15 is 0 Å². The number of hydrogen-bond acceptors (Lipinski definition) is 4. The van der Waals surface area contributed by atoms with E-state index in [1.165, 1.54) is 6.07 Å². The normalized spacial score (nSPS) is 10.0. The molecule has 0 saturated carbocycles. The van der Waals surface area contributed by atoms with Gasteiger partial charge < -0.3 is 9.84 Å². The molecule has 0 aliphatic carbocycles. The number of aryl methyl sites for hydroxylation is 1. The van der Waals surface area contributed by atoms with Gasteiger partial charge in [-0.15, -0.1) is 0 Å². The van der Waals surface area contributed by atoms with Crippen LogP contribution < -0.4 is 4.74 Å². The topological polar surface area (TPSA) is 72.6 Å². The number of rotatable bonds is 5. The maximum Gasteiger partial charge on any atom is 0.310 e. The van der Waals surface area contributed by atoms with Crippen LogP contribution in [0.3, 0.4) is 0 Å². The summed E-state index contributed by atoms with van der Waals surface area (Å²) in [4.78, 5) is 10.2. The van der Waals surface area contributed by atoms with Crippen molar-refractivity contribution in [3.63, 3.8) is 0 Å². The third-order valence-corrected chi connectivity index (χ3v) is 1.87. The molecule has 5 nitrogen and oxygen atoms in total. The average Bonchev–Trinajstić information content (AvgIpc) is 2.18. The molecule has 0 atom stereocenters. The molecule has 0 fully saturated rings. The minimum atomic E-state index is -0.478. The van der Waals surface area contributed by atoms with Gasteiger partial charge in [-0.2, -0.15) is 0 Å². The molecule has 0 saturated heterocycles. The standard InChI is InChI=1S/C10H13NO4/c1-8-3-4-9(11(13)14)10(7-8)15-6-2-5-12/h3-4,7,12H,2,5-6H2,1H3. The van der Waals surface area contributed by atoms with Crippen LogP contribution in [0, 0.1) is 17.0 Å². The minimum Gasteiger partial charge on any atom is -0.487 e. The van der Waals surface area contributed by atoms with E-state index in [-0.39, 0.29) is 24.7 Å². The fraction of sp³-hybridized carbons (Fsp3) is 0.400. The van der Waals surface area contributed by atoms with Gasteiger partial charge in [0.1, 0.15) is 0 Å². The quantitative estimate of drug-likeness (QED) is 0.456. The van der Waals surface area contributed by atoms with Crippen LogP contribution in [0.1, 0.15) is 12.0 Å². The van der Waals surface area contributed by atoms with Crippen molar-refractivity contribution in [3.05, 3.63) is 33.9 Å². The predicted octanol–water partition coefficient (Wildman–Crippen LogP) is 1.66. The van der Waals surface area contributed by atoms with Crippen molar-refractivity contribution >= 4 is 5.69 Å². The Morgan fingerprint density at radius 3 is 2.87 bits per heavy atom. The van der Waals surface area contributed by atoms with Crippen molar-refractivity contribution in [1.82, 2.24) is 0 Å². The zero-order chi connectivity index (χ0) is 11.3. The Labute approximate surface area is 87.5 Å². The molecule has 0 radical (unpaired) electrons. The smallest absolute Gasteiger partial charge is 0.310 e. The largest absolute Gasteiger partial charge is 0.487 e. The highest BCUT2D eigenvalue weighted by molar-refractivity contribution is 5.48. The maximum absolute atomic E-state index is 10.6. The second kappa shape index (κ2) is 5.31. The second-order valence-electron chi connectivity index (χ2n) is 3.15. The minimum absolute atomic E-state index is 0.0135. The van der Waals surface area contributed by atoms with Crippen LogP contribution in [-0.4, -0.2) is 23.2 Å². The number of ether oxygens (including phenoxy) is 1. The molecule has 0 spiro atoms. The van der Waals surface area contributed by atoms with E-state index < -0.39 is 4.92 Å². The van der Waals surface area contributed by atoms with Crippen LogP contribution in [-0.2, 0) is 0 Å². The molecule has 0 aliphatic heterocycles. The maximum atomic E-state index is 10.6. The molecule has 15 heavy (non-hydrogen) atoms. The molecular weight excluding hydrogens is 198 g/mol. The molecule has 0 aromatic heterocycles. The third kappa shape index (κ3) is 3.21. The summed E-state index contributed by atoms with van der Waals surface area (Å²) in [5.41, 5.74) is 0.859. The molecule has 0 heterocycles. The van der Waals surface area contributed by atoms with Crippen molar-refractivity contribution in [1.29, 1.82) is 0 Å². The monoisotopic (exact) mass is 211 g/mol. The lowest BCUT2D eigenvalue weighted by Gasteiger charge is -2.06. The first-order chi connectivity index (χ1) is 7.15. The number of nitro groups is 1. The molecule has 5 heteroatoms. The first-order valence-corrected chi connectivity index (χ1v) is 4.64. The summed E-state index contributed by atoms with van der Waals surface area (Å²) < 4.78 is 5.22. The highest BCUT2D eigenvalue weighted by Crippen LogP contribution is 2.27. The Hall–Kier alpha value is -1.62. The van der Waals surface area contributed by atoms with Gasteiger partial charge in [0.2, 0.25) is 0 Å². The van der Waals surface area contributed by atoms with Crippen LogP contribution in [0.15, 0.2) is 18.2 Å². The van der Waals surface area contributed by atoms with Crippen molar-refractivity contribution in [2.24, 2.45) is 0 Å². The third-order valence-electron chi connectivity index (χ3n) is 1.87. The van der Waals surface area contributed by atoms with Crippen molar-refractivity contribution in [2.75, 3.05) is 13.2 Å². The number of aliphatic hydroxyl groups is 1. The molecule has 0 aliphatic rings. The number of nitrogens with zero attached hydrogens (tertiary/aromatic N) is 1. The van der Waals surface area contributed by atoms with Gasteiger partial charge in [-0.25, -0.2) is 0 Å². The van der Waals surface area contributed by atoms with E-state index in [4.69, 9.17) is 9.84 Å². The zero-order valence-corrected chi connectivity index (χ0v) is 8.47.